The molecule has 128 valence electrons. The number of β-amino-alcohol motifs (C(OH)–C–C–N with tert-alkyl or cyclic N) is 1. The molecule has 1 aliphatic heterocycles. The minimum absolute atomic E-state index is 0.335. The van der Waals surface area contributed by atoms with E-state index in [1.165, 1.54) is 17.5 Å². The first-order valence-corrected chi connectivity index (χ1v) is 8.80. The van der Waals surface area contributed by atoms with Crippen molar-refractivity contribution in [3.05, 3.63) is 65.2 Å². The highest BCUT2D eigenvalue weighted by molar-refractivity contribution is 5.31. The van der Waals surface area contributed by atoms with Crippen LogP contribution in [0.3, 0.4) is 0 Å². The minimum atomic E-state index is -0.477. The zero-order chi connectivity index (χ0) is 16.9. The highest BCUT2D eigenvalue weighted by atomic mass is 16.5. The van der Waals surface area contributed by atoms with Gasteiger partial charge in [0.25, 0.3) is 0 Å². The third kappa shape index (κ3) is 4.16. The molecule has 0 radical (unpaired) electrons. The predicted molar refractivity (Wildman–Crippen MR) is 97.4 cm³/mol. The maximum atomic E-state index is 10.4. The Kier molecular flexibility index (Phi) is 5.54. The molecule has 3 rings (SSSR count). The van der Waals surface area contributed by atoms with Gasteiger partial charge in [-0.25, -0.2) is 0 Å². The second-order valence-corrected chi connectivity index (χ2v) is 6.80. The molecule has 2 atom stereocenters. The van der Waals surface area contributed by atoms with Gasteiger partial charge in [0.05, 0.1) is 0 Å². The number of ether oxygens (including phenoxy) is 1. The summed E-state index contributed by atoms with van der Waals surface area (Å²) in [5, 5.41) is 10.4. The molecule has 3 nitrogen and oxygen atoms in total. The summed E-state index contributed by atoms with van der Waals surface area (Å²) in [4.78, 5) is 2.39. The number of rotatable bonds is 6. The van der Waals surface area contributed by atoms with Crippen LogP contribution in [-0.4, -0.2) is 35.8 Å². The van der Waals surface area contributed by atoms with Crippen LogP contribution in [0.4, 0.5) is 0 Å². The molecule has 1 saturated heterocycles. The zero-order valence-corrected chi connectivity index (χ0v) is 14.6. The highest BCUT2D eigenvalue weighted by Crippen LogP contribution is 2.32. The molecule has 2 aromatic rings. The normalized spacial score (nSPS) is 19.4. The molecule has 0 spiro atoms. The third-order valence-corrected chi connectivity index (χ3v) is 4.76. The first-order valence-electron chi connectivity index (χ1n) is 8.80. The number of hydrogen-bond donors (Lipinski definition) is 1. The van der Waals surface area contributed by atoms with Gasteiger partial charge in [0.1, 0.15) is 18.5 Å². The van der Waals surface area contributed by atoms with E-state index in [1.54, 1.807) is 0 Å². The summed E-state index contributed by atoms with van der Waals surface area (Å²) in [6, 6.07) is 17.1. The number of benzene rings is 2. The van der Waals surface area contributed by atoms with Crippen molar-refractivity contribution in [3.63, 3.8) is 0 Å². The summed E-state index contributed by atoms with van der Waals surface area (Å²) in [5.74, 6) is 0.855. The third-order valence-electron chi connectivity index (χ3n) is 4.76. The Labute approximate surface area is 144 Å². The van der Waals surface area contributed by atoms with Crippen molar-refractivity contribution in [1.29, 1.82) is 0 Å². The number of aryl methyl sites for hydroxylation is 2. The second kappa shape index (κ2) is 7.82. The van der Waals surface area contributed by atoms with Crippen LogP contribution in [0, 0.1) is 13.8 Å². The highest BCUT2D eigenvalue weighted by Gasteiger charge is 2.27. The summed E-state index contributed by atoms with van der Waals surface area (Å²) >= 11 is 0. The standard InChI is InChI=1S/C21H27NO2/c1-16-7-5-9-18(13-16)20-10-6-12-22(20)14-19(23)15-24-21-11-4-3-8-17(21)2/h3-5,7-9,11,13,19-20,23H,6,10,12,14-15H2,1-2H3/t19-,20-/m1/s1. The fourth-order valence-corrected chi connectivity index (χ4v) is 3.53. The molecule has 0 saturated carbocycles. The molecule has 0 aliphatic carbocycles. The topological polar surface area (TPSA) is 32.7 Å². The van der Waals surface area contributed by atoms with Gasteiger partial charge in [-0.05, 0) is 50.4 Å². The van der Waals surface area contributed by atoms with Crippen molar-refractivity contribution in [2.24, 2.45) is 0 Å². The maximum absolute atomic E-state index is 10.4. The van der Waals surface area contributed by atoms with Crippen molar-refractivity contribution in [3.8, 4) is 5.75 Å². The largest absolute Gasteiger partial charge is 0.491 e. The Morgan fingerprint density at radius 1 is 1.17 bits per heavy atom. The molecule has 1 N–H and O–H groups in total. The molecule has 0 aromatic heterocycles. The number of aliphatic hydroxyl groups is 1. The summed E-state index contributed by atoms with van der Waals surface area (Å²) in [7, 11) is 0. The summed E-state index contributed by atoms with van der Waals surface area (Å²) in [6.45, 7) is 6.19. The Bertz CT molecular complexity index is 670. The molecule has 1 aliphatic rings. The van der Waals surface area contributed by atoms with Crippen molar-refractivity contribution in [1.82, 2.24) is 4.90 Å². The Morgan fingerprint density at radius 2 is 2.00 bits per heavy atom. The lowest BCUT2D eigenvalue weighted by Crippen LogP contribution is -2.35. The van der Waals surface area contributed by atoms with E-state index in [4.69, 9.17) is 4.74 Å². The minimum Gasteiger partial charge on any atom is -0.491 e. The van der Waals surface area contributed by atoms with E-state index in [0.717, 1.165) is 24.3 Å². The van der Waals surface area contributed by atoms with Crippen LogP contribution in [0.5, 0.6) is 5.75 Å². The van der Waals surface area contributed by atoms with Gasteiger partial charge in [-0.15, -0.1) is 0 Å². The van der Waals surface area contributed by atoms with E-state index < -0.39 is 6.10 Å². The second-order valence-electron chi connectivity index (χ2n) is 6.80. The molecule has 24 heavy (non-hydrogen) atoms. The van der Waals surface area contributed by atoms with E-state index in [9.17, 15) is 5.11 Å². The van der Waals surface area contributed by atoms with Crippen molar-refractivity contribution in [2.45, 2.75) is 38.8 Å². The number of aliphatic hydroxyl groups excluding tert-OH is 1. The SMILES string of the molecule is Cc1cccc([C@H]2CCCN2C[C@@H](O)COc2ccccc2C)c1. The molecule has 3 heteroatoms. The van der Waals surface area contributed by atoms with Crippen molar-refractivity contribution < 1.29 is 9.84 Å². The van der Waals surface area contributed by atoms with Crippen LogP contribution in [-0.2, 0) is 0 Å². The maximum Gasteiger partial charge on any atom is 0.122 e. The molecule has 0 unspecified atom stereocenters. The predicted octanol–water partition coefficient (Wildman–Crippen LogP) is 3.88. The van der Waals surface area contributed by atoms with Crippen molar-refractivity contribution >= 4 is 0 Å². The number of hydrogen-bond acceptors (Lipinski definition) is 3. The van der Waals surface area contributed by atoms with Gasteiger partial charge in [0.15, 0.2) is 0 Å². The molecule has 1 fully saturated rings. The van der Waals surface area contributed by atoms with Gasteiger partial charge in [0, 0.05) is 12.6 Å². The Morgan fingerprint density at radius 3 is 2.79 bits per heavy atom. The zero-order valence-electron chi connectivity index (χ0n) is 14.6. The Balaban J connectivity index is 1.57. The summed E-state index contributed by atoms with van der Waals surface area (Å²) < 4.78 is 5.79. The first kappa shape index (κ1) is 17.0. The molecule has 0 bridgehead atoms. The number of para-hydroxylation sites is 1. The van der Waals surface area contributed by atoms with Gasteiger partial charge < -0.3 is 9.84 Å². The molecule has 2 aromatic carbocycles. The number of nitrogens with zero attached hydrogens (tertiary/aromatic N) is 1. The quantitative estimate of drug-likeness (QED) is 0.875. The monoisotopic (exact) mass is 325 g/mol. The molecule has 1 heterocycles. The lowest BCUT2D eigenvalue weighted by Gasteiger charge is -2.27. The fourth-order valence-electron chi connectivity index (χ4n) is 3.53. The lowest BCUT2D eigenvalue weighted by molar-refractivity contribution is 0.0636. The van der Waals surface area contributed by atoms with Crippen molar-refractivity contribution in [2.75, 3.05) is 19.7 Å². The van der Waals surface area contributed by atoms with Crippen LogP contribution in [0.2, 0.25) is 0 Å². The van der Waals surface area contributed by atoms with Crippen LogP contribution in [0.15, 0.2) is 48.5 Å². The van der Waals surface area contributed by atoms with E-state index >= 15 is 0 Å². The van der Waals surface area contributed by atoms with Crippen LogP contribution in [0.1, 0.15) is 35.6 Å². The van der Waals surface area contributed by atoms with Gasteiger partial charge in [-0.2, -0.15) is 0 Å². The van der Waals surface area contributed by atoms with Gasteiger partial charge >= 0.3 is 0 Å². The van der Waals surface area contributed by atoms with E-state index in [-0.39, 0.29) is 0 Å². The summed E-state index contributed by atoms with van der Waals surface area (Å²) in [6.07, 6.45) is 1.87. The van der Waals surface area contributed by atoms with Crippen LogP contribution >= 0.6 is 0 Å². The van der Waals surface area contributed by atoms with Gasteiger partial charge in [0.2, 0.25) is 0 Å². The van der Waals surface area contributed by atoms with Crippen LogP contribution in [0.25, 0.3) is 0 Å². The fraction of sp³-hybridized carbons (Fsp3) is 0.429. The average Bonchev–Trinajstić information content (AvgIpc) is 3.02. The molecule has 0 amide bonds. The summed E-state index contributed by atoms with van der Waals surface area (Å²) in [5.41, 5.74) is 3.76. The smallest absolute Gasteiger partial charge is 0.122 e. The molecular formula is C21H27NO2. The number of likely N-dealkylation sites (tertiary alicyclic amines) is 1. The first-order chi connectivity index (χ1) is 11.6. The van der Waals surface area contributed by atoms with Crippen LogP contribution < -0.4 is 4.74 Å². The van der Waals surface area contributed by atoms with E-state index in [0.29, 0.717) is 19.2 Å². The van der Waals surface area contributed by atoms with Gasteiger partial charge in [-0.1, -0.05) is 48.0 Å². The van der Waals surface area contributed by atoms with Gasteiger partial charge in [-0.3, -0.25) is 4.90 Å². The Hall–Kier alpha value is -1.84. The van der Waals surface area contributed by atoms with E-state index in [1.807, 2.05) is 31.2 Å². The molecular weight excluding hydrogens is 298 g/mol. The lowest BCUT2D eigenvalue weighted by atomic mass is 10.0. The average molecular weight is 325 g/mol. The van der Waals surface area contributed by atoms with E-state index in [2.05, 4.69) is 36.1 Å².